The van der Waals surface area contributed by atoms with Crippen LogP contribution in [0.15, 0.2) is 24.3 Å². The third-order valence-corrected chi connectivity index (χ3v) is 5.53. The Morgan fingerprint density at radius 1 is 1.35 bits per heavy atom. The highest BCUT2D eigenvalue weighted by Gasteiger charge is 2.32. The first-order valence-electron chi connectivity index (χ1n) is 7.09. The van der Waals surface area contributed by atoms with Crippen LogP contribution < -0.4 is 4.74 Å². The number of benzene rings is 1. The molecular formula is C15H19NO6S. The van der Waals surface area contributed by atoms with E-state index in [-0.39, 0.29) is 23.1 Å². The smallest absolute Gasteiger partial charge is 0.338 e. The van der Waals surface area contributed by atoms with Crippen molar-refractivity contribution in [3.05, 3.63) is 29.8 Å². The molecule has 0 N–H and O–H groups in total. The molecule has 0 spiro atoms. The minimum absolute atomic E-state index is 0.0426. The number of hydrogen-bond acceptors (Lipinski definition) is 6. The van der Waals surface area contributed by atoms with Gasteiger partial charge >= 0.3 is 5.97 Å². The minimum atomic E-state index is -3.07. The van der Waals surface area contributed by atoms with E-state index in [1.54, 1.807) is 18.2 Å². The average molecular weight is 341 g/mol. The van der Waals surface area contributed by atoms with Crippen LogP contribution >= 0.6 is 0 Å². The van der Waals surface area contributed by atoms with Gasteiger partial charge in [-0.3, -0.25) is 4.79 Å². The van der Waals surface area contributed by atoms with Crippen LogP contribution in [0.1, 0.15) is 16.8 Å². The Morgan fingerprint density at radius 2 is 2.09 bits per heavy atom. The van der Waals surface area contributed by atoms with Crippen LogP contribution in [0.25, 0.3) is 0 Å². The Bertz CT molecular complexity index is 700. The molecule has 1 heterocycles. The van der Waals surface area contributed by atoms with Crippen molar-refractivity contribution in [3.63, 3.8) is 0 Å². The number of amides is 1. The van der Waals surface area contributed by atoms with Gasteiger partial charge < -0.3 is 14.4 Å². The van der Waals surface area contributed by atoms with E-state index >= 15 is 0 Å². The number of methoxy groups -OCH3 is 1. The quantitative estimate of drug-likeness (QED) is 0.725. The van der Waals surface area contributed by atoms with Gasteiger partial charge in [-0.2, -0.15) is 0 Å². The monoisotopic (exact) mass is 341 g/mol. The topological polar surface area (TPSA) is 90.0 Å². The highest BCUT2D eigenvalue weighted by Crippen LogP contribution is 2.17. The maximum Gasteiger partial charge on any atom is 0.338 e. The van der Waals surface area contributed by atoms with E-state index in [4.69, 9.17) is 9.47 Å². The van der Waals surface area contributed by atoms with Gasteiger partial charge in [-0.1, -0.05) is 6.07 Å². The van der Waals surface area contributed by atoms with Crippen LogP contribution in [-0.2, 0) is 19.4 Å². The number of ether oxygens (including phenoxy) is 2. The van der Waals surface area contributed by atoms with Crippen molar-refractivity contribution in [1.29, 1.82) is 0 Å². The highest BCUT2D eigenvalue weighted by molar-refractivity contribution is 7.91. The molecule has 0 aliphatic carbocycles. The van der Waals surface area contributed by atoms with Gasteiger partial charge in [0.05, 0.1) is 24.2 Å². The summed E-state index contributed by atoms with van der Waals surface area (Å²) in [4.78, 5) is 25.3. The van der Waals surface area contributed by atoms with Gasteiger partial charge in [-0.05, 0) is 24.6 Å². The summed E-state index contributed by atoms with van der Waals surface area (Å²) in [5.74, 6) is -0.509. The summed E-state index contributed by atoms with van der Waals surface area (Å²) in [6, 6.07) is 6.05. The van der Waals surface area contributed by atoms with Gasteiger partial charge in [0.1, 0.15) is 5.75 Å². The van der Waals surface area contributed by atoms with Crippen LogP contribution in [0.3, 0.4) is 0 Å². The van der Waals surface area contributed by atoms with Gasteiger partial charge in [0.25, 0.3) is 5.91 Å². The summed E-state index contributed by atoms with van der Waals surface area (Å²) >= 11 is 0. The molecule has 1 fully saturated rings. The molecule has 2 rings (SSSR count). The van der Waals surface area contributed by atoms with Gasteiger partial charge in [-0.15, -0.1) is 0 Å². The average Bonchev–Trinajstić information content (AvgIpc) is 2.91. The molecule has 0 radical (unpaired) electrons. The van der Waals surface area contributed by atoms with Crippen molar-refractivity contribution in [3.8, 4) is 5.75 Å². The lowest BCUT2D eigenvalue weighted by Crippen LogP contribution is -2.40. The first-order chi connectivity index (χ1) is 10.8. The fourth-order valence-electron chi connectivity index (χ4n) is 2.35. The number of likely N-dealkylation sites (N-methyl/N-ethyl adjacent to an activating group) is 1. The molecule has 8 heteroatoms. The molecule has 1 aliphatic heterocycles. The lowest BCUT2D eigenvalue weighted by molar-refractivity contribution is -0.134. The molecule has 1 aromatic carbocycles. The zero-order chi connectivity index (χ0) is 17.0. The first kappa shape index (κ1) is 17.3. The van der Waals surface area contributed by atoms with Crippen molar-refractivity contribution < 1.29 is 27.5 Å². The number of carbonyl (C=O) groups excluding carboxylic acids is 2. The SMILES string of the molecule is COc1cccc(C(=O)OCC(=O)N(C)[C@@H]2CCS(=O)(=O)C2)c1. The molecule has 1 atom stereocenters. The predicted molar refractivity (Wildman–Crippen MR) is 83.1 cm³/mol. The summed E-state index contributed by atoms with van der Waals surface area (Å²) in [7, 11) is -0.0657. The highest BCUT2D eigenvalue weighted by atomic mass is 32.2. The molecule has 0 unspecified atom stereocenters. The third-order valence-electron chi connectivity index (χ3n) is 3.78. The number of carbonyl (C=O) groups is 2. The number of rotatable bonds is 5. The standard InChI is InChI=1S/C15H19NO6S/c1-16(12-6-7-23(19,20)10-12)14(17)9-22-15(18)11-4-3-5-13(8-11)21-2/h3-5,8,12H,6-7,9-10H2,1-2H3/t12-/m1/s1. The van der Waals surface area contributed by atoms with Crippen LogP contribution in [0.2, 0.25) is 0 Å². The normalized spacial score (nSPS) is 19.1. The van der Waals surface area contributed by atoms with E-state index in [0.29, 0.717) is 12.2 Å². The molecule has 23 heavy (non-hydrogen) atoms. The zero-order valence-corrected chi connectivity index (χ0v) is 13.8. The molecule has 1 aromatic rings. The molecule has 126 valence electrons. The number of hydrogen-bond donors (Lipinski definition) is 0. The number of nitrogens with zero attached hydrogens (tertiary/aromatic N) is 1. The second kappa shape index (κ2) is 6.99. The Labute approximate surface area is 135 Å². The van der Waals surface area contributed by atoms with Gasteiger partial charge in [-0.25, -0.2) is 13.2 Å². The number of sulfone groups is 1. The molecule has 1 saturated heterocycles. The summed E-state index contributed by atoms with van der Waals surface area (Å²) in [6.07, 6.45) is 0.411. The molecule has 1 aliphatic rings. The van der Waals surface area contributed by atoms with Gasteiger partial charge in [0.2, 0.25) is 0 Å². The Kier molecular flexibility index (Phi) is 5.25. The molecule has 0 aromatic heterocycles. The maximum absolute atomic E-state index is 12.0. The number of esters is 1. The van der Waals surface area contributed by atoms with Gasteiger partial charge in [0, 0.05) is 13.1 Å². The predicted octanol–water partition coefficient (Wildman–Crippen LogP) is 0.498. The lowest BCUT2D eigenvalue weighted by Gasteiger charge is -2.23. The first-order valence-corrected chi connectivity index (χ1v) is 8.92. The van der Waals surface area contributed by atoms with E-state index in [1.165, 1.54) is 25.1 Å². The minimum Gasteiger partial charge on any atom is -0.497 e. The van der Waals surface area contributed by atoms with Crippen molar-refractivity contribution >= 4 is 21.7 Å². The van der Waals surface area contributed by atoms with E-state index < -0.39 is 28.3 Å². The van der Waals surface area contributed by atoms with Crippen LogP contribution in [0.4, 0.5) is 0 Å². The van der Waals surface area contributed by atoms with Crippen LogP contribution in [0, 0.1) is 0 Å². The summed E-state index contributed by atoms with van der Waals surface area (Å²) in [5, 5.41) is 0. The summed E-state index contributed by atoms with van der Waals surface area (Å²) in [6.45, 7) is -0.427. The van der Waals surface area contributed by atoms with E-state index in [1.807, 2.05) is 0 Å². The Balaban J connectivity index is 1.89. The summed E-state index contributed by atoms with van der Waals surface area (Å²) < 4.78 is 32.9. The van der Waals surface area contributed by atoms with Gasteiger partial charge in [0.15, 0.2) is 16.4 Å². The molecule has 0 saturated carbocycles. The van der Waals surface area contributed by atoms with Crippen LogP contribution in [-0.4, -0.2) is 63.5 Å². The van der Waals surface area contributed by atoms with Crippen LogP contribution in [0.5, 0.6) is 5.75 Å². The second-order valence-corrected chi connectivity index (χ2v) is 7.60. The fourth-order valence-corrected chi connectivity index (χ4v) is 4.12. The summed E-state index contributed by atoms with van der Waals surface area (Å²) in [5.41, 5.74) is 0.281. The maximum atomic E-state index is 12.0. The van der Waals surface area contributed by atoms with Crippen molar-refractivity contribution in [2.24, 2.45) is 0 Å². The van der Waals surface area contributed by atoms with Crippen molar-refractivity contribution in [2.45, 2.75) is 12.5 Å². The second-order valence-electron chi connectivity index (χ2n) is 5.37. The van der Waals surface area contributed by atoms with E-state index in [9.17, 15) is 18.0 Å². The van der Waals surface area contributed by atoms with Crippen molar-refractivity contribution in [1.82, 2.24) is 4.90 Å². The molecule has 0 bridgehead atoms. The fraction of sp³-hybridized carbons (Fsp3) is 0.467. The third kappa shape index (κ3) is 4.44. The van der Waals surface area contributed by atoms with E-state index in [0.717, 1.165) is 0 Å². The lowest BCUT2D eigenvalue weighted by atomic mass is 10.2. The Morgan fingerprint density at radius 3 is 2.70 bits per heavy atom. The van der Waals surface area contributed by atoms with E-state index in [2.05, 4.69) is 0 Å². The molecule has 1 amide bonds. The van der Waals surface area contributed by atoms with Crippen molar-refractivity contribution in [2.75, 3.05) is 32.3 Å². The zero-order valence-electron chi connectivity index (χ0n) is 13.0. The molecule has 7 nitrogen and oxygen atoms in total. The molecular weight excluding hydrogens is 322 g/mol. The largest absolute Gasteiger partial charge is 0.497 e. The Hall–Kier alpha value is -2.09.